The molecule has 0 spiro atoms. The molecular weight excluding hydrogens is 821 g/mol. The van der Waals surface area contributed by atoms with Gasteiger partial charge < -0.3 is 9.47 Å². The molecule has 0 N–H and O–H groups in total. The molecule has 6 aliphatic carbocycles. The highest BCUT2D eigenvalue weighted by atomic mass is 16.5. The van der Waals surface area contributed by atoms with Gasteiger partial charge in [0, 0.05) is 0 Å². The summed E-state index contributed by atoms with van der Waals surface area (Å²) in [6.45, 7) is 9.24. The maximum absolute atomic E-state index is 12.9. The minimum absolute atomic E-state index is 0.00734. The number of rotatable bonds is 17. The molecule has 67 heavy (non-hydrogen) atoms. The fourth-order valence-electron chi connectivity index (χ4n) is 14.9. The van der Waals surface area contributed by atoms with Gasteiger partial charge in [-0.05, 0) is 223 Å². The minimum atomic E-state index is 0.00734. The molecule has 6 saturated carbocycles. The topological polar surface area (TPSA) is 52.6 Å². The molecule has 0 aromatic heterocycles. The Morgan fingerprint density at radius 2 is 0.642 bits per heavy atom. The van der Waals surface area contributed by atoms with Crippen molar-refractivity contribution in [3.05, 3.63) is 59.7 Å². The first-order valence-electron chi connectivity index (χ1n) is 29.4. The maximum Gasteiger partial charge on any atom is 0.314 e. The van der Waals surface area contributed by atoms with Gasteiger partial charge in [-0.3, -0.25) is 9.59 Å². The number of ether oxygens (including phenoxy) is 2. The molecule has 6 aliphatic rings. The van der Waals surface area contributed by atoms with E-state index in [1.54, 1.807) is 0 Å². The number of unbranched alkanes of at least 4 members (excludes halogenated alkanes) is 1. The van der Waals surface area contributed by atoms with E-state index in [1.807, 2.05) is 24.3 Å². The summed E-state index contributed by atoms with van der Waals surface area (Å²) in [6, 6.07) is 17.0. The zero-order valence-electron chi connectivity index (χ0n) is 43.5. The molecule has 0 heterocycles. The van der Waals surface area contributed by atoms with Crippen LogP contribution in [0.5, 0.6) is 11.5 Å². The molecule has 0 bridgehead atoms. The lowest BCUT2D eigenvalue weighted by atomic mass is 9.69. The number of hydrogen-bond acceptors (Lipinski definition) is 4. The Balaban J connectivity index is 0.000000199. The van der Waals surface area contributed by atoms with Gasteiger partial charge in [-0.1, -0.05) is 135 Å². The van der Waals surface area contributed by atoms with Crippen LogP contribution < -0.4 is 9.47 Å². The first kappa shape index (κ1) is 52.2. The van der Waals surface area contributed by atoms with Crippen molar-refractivity contribution < 1.29 is 19.1 Å². The zero-order chi connectivity index (χ0) is 46.8. The third-order valence-corrected chi connectivity index (χ3v) is 19.2. The van der Waals surface area contributed by atoms with E-state index in [2.05, 4.69) is 52.0 Å². The molecule has 374 valence electrons. The van der Waals surface area contributed by atoms with Crippen LogP contribution in [0.25, 0.3) is 0 Å². The highest BCUT2D eigenvalue weighted by Gasteiger charge is 2.35. The van der Waals surface area contributed by atoms with Crippen LogP contribution >= 0.6 is 0 Å². The second-order valence-electron chi connectivity index (χ2n) is 23.7. The van der Waals surface area contributed by atoms with E-state index in [9.17, 15) is 9.59 Å². The second-order valence-corrected chi connectivity index (χ2v) is 23.7. The average Bonchev–Trinajstić information content (AvgIpc) is 3.38. The van der Waals surface area contributed by atoms with Crippen molar-refractivity contribution in [1.82, 2.24) is 0 Å². The largest absolute Gasteiger partial charge is 0.426 e. The monoisotopic (exact) mass is 919 g/mol. The fraction of sp³-hybridized carbons (Fsp3) is 0.778. The van der Waals surface area contributed by atoms with Crippen molar-refractivity contribution in [1.29, 1.82) is 0 Å². The third kappa shape index (κ3) is 15.9. The van der Waals surface area contributed by atoms with Gasteiger partial charge in [0.15, 0.2) is 0 Å². The molecule has 6 fully saturated rings. The van der Waals surface area contributed by atoms with Crippen molar-refractivity contribution in [3.63, 3.8) is 0 Å². The van der Waals surface area contributed by atoms with Crippen LogP contribution in [0, 0.1) is 59.2 Å². The summed E-state index contributed by atoms with van der Waals surface area (Å²) in [7, 11) is 0. The Hall–Kier alpha value is -2.62. The van der Waals surface area contributed by atoms with Crippen molar-refractivity contribution in [3.8, 4) is 11.5 Å². The van der Waals surface area contributed by atoms with Crippen molar-refractivity contribution in [2.45, 2.75) is 251 Å². The van der Waals surface area contributed by atoms with Crippen molar-refractivity contribution >= 4 is 11.9 Å². The standard InChI is InChI=1S/C32H50O2.C31H48O2/c1-3-5-7-25-10-14-27(15-11-25)29-20-22-31(23-21-29)34-32(33)30-18-16-28(17-19-30)26-12-8-24(6-4-2)9-13-26;1-3-5-23-7-11-25(12-8-23)27-15-17-29(18-16-27)31(32)33-30-21-19-28(20-22-30)26-13-9-24(6-4-2)10-14-26/h20-28,30H,3-19H2,1-2H3;19-27,29H,3-18H2,1-2H3. The highest BCUT2D eigenvalue weighted by molar-refractivity contribution is 5.75. The number of benzene rings is 2. The molecule has 0 atom stereocenters. The molecule has 4 nitrogen and oxygen atoms in total. The Bertz CT molecular complexity index is 1670. The SMILES string of the molecule is CCCC1CCC(c2ccc(OC(=O)C3CCC(C4CCC(CCC)CC4)CC3)cc2)CC1.CCCCC1CCC(c2ccc(OC(=O)C3CCC(C4CCC(CCC)CC4)CC3)cc2)CC1. The Morgan fingerprint density at radius 3 is 0.940 bits per heavy atom. The molecular formula is C63H98O4. The predicted molar refractivity (Wildman–Crippen MR) is 280 cm³/mol. The highest BCUT2D eigenvalue weighted by Crippen LogP contribution is 2.45. The molecule has 0 radical (unpaired) electrons. The van der Waals surface area contributed by atoms with Crippen LogP contribution in [0.3, 0.4) is 0 Å². The molecule has 0 aliphatic heterocycles. The average molecular weight is 919 g/mol. The molecule has 0 unspecified atom stereocenters. The number of carbonyl (C=O) groups excluding carboxylic acids is 2. The number of esters is 2. The van der Waals surface area contributed by atoms with E-state index in [-0.39, 0.29) is 23.8 Å². The zero-order valence-corrected chi connectivity index (χ0v) is 43.5. The second kappa shape index (κ2) is 27.7. The molecule has 4 heteroatoms. The maximum atomic E-state index is 12.9. The van der Waals surface area contributed by atoms with E-state index in [1.165, 1.54) is 197 Å². The van der Waals surface area contributed by atoms with Gasteiger partial charge in [0.25, 0.3) is 0 Å². The van der Waals surface area contributed by atoms with Gasteiger partial charge in [-0.2, -0.15) is 0 Å². The van der Waals surface area contributed by atoms with Gasteiger partial charge in [0.2, 0.25) is 0 Å². The van der Waals surface area contributed by atoms with E-state index in [4.69, 9.17) is 9.47 Å². The Morgan fingerprint density at radius 1 is 0.358 bits per heavy atom. The molecule has 8 rings (SSSR count). The van der Waals surface area contributed by atoms with Crippen LogP contribution in [0.4, 0.5) is 0 Å². The quantitative estimate of drug-likeness (QED) is 0.117. The van der Waals surface area contributed by atoms with E-state index in [0.717, 1.165) is 84.5 Å². The smallest absolute Gasteiger partial charge is 0.314 e. The predicted octanol–water partition coefficient (Wildman–Crippen LogP) is 18.5. The van der Waals surface area contributed by atoms with Crippen LogP contribution in [0.1, 0.15) is 263 Å². The molecule has 0 saturated heterocycles. The summed E-state index contributed by atoms with van der Waals surface area (Å²) in [4.78, 5) is 25.7. The first-order chi connectivity index (χ1) is 32.8. The summed E-state index contributed by atoms with van der Waals surface area (Å²) in [5, 5.41) is 0. The van der Waals surface area contributed by atoms with Crippen molar-refractivity contribution in [2.24, 2.45) is 59.2 Å². The van der Waals surface area contributed by atoms with Gasteiger partial charge >= 0.3 is 11.9 Å². The summed E-state index contributed by atoms with van der Waals surface area (Å²) >= 11 is 0. The summed E-state index contributed by atoms with van der Waals surface area (Å²) in [6.07, 6.45) is 43.6. The van der Waals surface area contributed by atoms with E-state index < -0.39 is 0 Å². The summed E-state index contributed by atoms with van der Waals surface area (Å²) < 4.78 is 11.7. The van der Waals surface area contributed by atoms with Gasteiger partial charge in [0.1, 0.15) is 11.5 Å². The van der Waals surface area contributed by atoms with Gasteiger partial charge in [-0.15, -0.1) is 0 Å². The molecule has 2 aromatic rings. The van der Waals surface area contributed by atoms with E-state index in [0.29, 0.717) is 11.8 Å². The van der Waals surface area contributed by atoms with Crippen LogP contribution in [-0.2, 0) is 9.59 Å². The van der Waals surface area contributed by atoms with Gasteiger partial charge in [-0.25, -0.2) is 0 Å². The lowest BCUT2D eigenvalue weighted by molar-refractivity contribution is -0.141. The van der Waals surface area contributed by atoms with Crippen LogP contribution in [0.15, 0.2) is 48.5 Å². The van der Waals surface area contributed by atoms with Crippen LogP contribution in [0.2, 0.25) is 0 Å². The van der Waals surface area contributed by atoms with Crippen LogP contribution in [-0.4, -0.2) is 11.9 Å². The fourth-order valence-corrected chi connectivity index (χ4v) is 14.9. The summed E-state index contributed by atoms with van der Waals surface area (Å²) in [5.74, 6) is 10.5. The summed E-state index contributed by atoms with van der Waals surface area (Å²) in [5.41, 5.74) is 2.86. The number of carbonyl (C=O) groups is 2. The molecule has 2 aromatic carbocycles. The lowest BCUT2D eigenvalue weighted by Gasteiger charge is -2.37. The normalized spacial score (nSPS) is 32.6. The van der Waals surface area contributed by atoms with Gasteiger partial charge in [0.05, 0.1) is 11.8 Å². The molecule has 0 amide bonds. The lowest BCUT2D eigenvalue weighted by Crippen LogP contribution is -2.30. The Labute approximate surface area is 411 Å². The van der Waals surface area contributed by atoms with Crippen molar-refractivity contribution in [2.75, 3.05) is 0 Å². The van der Waals surface area contributed by atoms with E-state index >= 15 is 0 Å². The third-order valence-electron chi connectivity index (χ3n) is 19.2. The Kier molecular flexibility index (Phi) is 21.6. The minimum Gasteiger partial charge on any atom is -0.426 e. The first-order valence-corrected chi connectivity index (χ1v) is 29.4. The number of hydrogen-bond donors (Lipinski definition) is 0.